The highest BCUT2D eigenvalue weighted by atomic mass is 35.7. The van der Waals surface area contributed by atoms with Crippen molar-refractivity contribution in [1.29, 1.82) is 0 Å². The van der Waals surface area contributed by atoms with Crippen LogP contribution in [0.1, 0.15) is 31.7 Å². The molecule has 1 aromatic rings. The second-order valence-electron chi connectivity index (χ2n) is 5.19. The SMILES string of the molecule is CC1(NC(=O)CCc2ccc(S(=O)(=O)Cl)cc2)CC1. The summed E-state index contributed by atoms with van der Waals surface area (Å²) in [5.41, 5.74) is 0.924. The van der Waals surface area contributed by atoms with E-state index in [-0.39, 0.29) is 16.3 Å². The average Bonchev–Trinajstić information content (AvgIpc) is 3.03. The monoisotopic (exact) mass is 301 g/mol. The fraction of sp³-hybridized carbons (Fsp3) is 0.462. The molecule has 0 atom stereocenters. The van der Waals surface area contributed by atoms with Crippen molar-refractivity contribution in [1.82, 2.24) is 5.32 Å². The molecule has 1 aliphatic rings. The van der Waals surface area contributed by atoms with Gasteiger partial charge in [-0.3, -0.25) is 4.79 Å². The highest BCUT2D eigenvalue weighted by Gasteiger charge is 2.38. The van der Waals surface area contributed by atoms with Gasteiger partial charge in [-0.15, -0.1) is 0 Å². The molecule has 0 aliphatic heterocycles. The van der Waals surface area contributed by atoms with Gasteiger partial charge in [0.05, 0.1) is 4.90 Å². The van der Waals surface area contributed by atoms with Gasteiger partial charge in [0.2, 0.25) is 5.91 Å². The van der Waals surface area contributed by atoms with Crippen LogP contribution in [0.3, 0.4) is 0 Å². The van der Waals surface area contributed by atoms with E-state index in [9.17, 15) is 13.2 Å². The molecule has 0 bridgehead atoms. The van der Waals surface area contributed by atoms with Crippen LogP contribution in [0.5, 0.6) is 0 Å². The molecular weight excluding hydrogens is 286 g/mol. The standard InChI is InChI=1S/C13H16ClNO3S/c1-13(8-9-13)15-12(16)7-4-10-2-5-11(6-3-10)19(14,17)18/h2-3,5-6H,4,7-9H2,1H3,(H,15,16). The first-order valence-electron chi connectivity index (χ1n) is 6.13. The van der Waals surface area contributed by atoms with E-state index >= 15 is 0 Å². The fourth-order valence-electron chi connectivity index (χ4n) is 1.79. The largest absolute Gasteiger partial charge is 0.351 e. The molecule has 0 spiro atoms. The second kappa shape index (κ2) is 5.13. The molecule has 0 radical (unpaired) electrons. The lowest BCUT2D eigenvalue weighted by Gasteiger charge is -2.11. The second-order valence-corrected chi connectivity index (χ2v) is 7.76. The van der Waals surface area contributed by atoms with Crippen molar-refractivity contribution < 1.29 is 13.2 Å². The van der Waals surface area contributed by atoms with E-state index < -0.39 is 9.05 Å². The van der Waals surface area contributed by atoms with Crippen LogP contribution in [0.15, 0.2) is 29.2 Å². The topological polar surface area (TPSA) is 63.2 Å². The zero-order valence-corrected chi connectivity index (χ0v) is 12.2. The van der Waals surface area contributed by atoms with E-state index in [0.29, 0.717) is 12.8 Å². The Bertz CT molecular complexity index is 576. The van der Waals surface area contributed by atoms with Gasteiger partial charge in [0.15, 0.2) is 0 Å². The van der Waals surface area contributed by atoms with E-state index in [1.165, 1.54) is 12.1 Å². The van der Waals surface area contributed by atoms with Crippen LogP contribution < -0.4 is 5.32 Å². The smallest absolute Gasteiger partial charge is 0.261 e. The maximum Gasteiger partial charge on any atom is 0.261 e. The van der Waals surface area contributed by atoms with Crippen molar-refractivity contribution >= 4 is 25.6 Å². The molecule has 1 fully saturated rings. The first-order valence-corrected chi connectivity index (χ1v) is 8.44. The Kier molecular flexibility index (Phi) is 3.87. The Morgan fingerprint density at radius 1 is 1.32 bits per heavy atom. The number of aryl methyl sites for hydroxylation is 1. The maximum absolute atomic E-state index is 11.7. The molecule has 1 aromatic carbocycles. The van der Waals surface area contributed by atoms with E-state index in [4.69, 9.17) is 10.7 Å². The molecule has 0 aromatic heterocycles. The zero-order valence-electron chi connectivity index (χ0n) is 10.6. The van der Waals surface area contributed by atoms with Gasteiger partial charge in [-0.25, -0.2) is 8.42 Å². The Morgan fingerprint density at radius 2 is 1.89 bits per heavy atom. The number of carbonyl (C=O) groups excluding carboxylic acids is 1. The Hall–Kier alpha value is -1.07. The van der Waals surface area contributed by atoms with Crippen molar-refractivity contribution in [3.63, 3.8) is 0 Å². The lowest BCUT2D eigenvalue weighted by Crippen LogP contribution is -2.34. The van der Waals surface area contributed by atoms with Crippen LogP contribution in [-0.4, -0.2) is 19.9 Å². The summed E-state index contributed by atoms with van der Waals surface area (Å²) in [7, 11) is 1.55. The molecule has 1 aliphatic carbocycles. The van der Waals surface area contributed by atoms with Crippen LogP contribution in [0.4, 0.5) is 0 Å². The number of nitrogens with one attached hydrogen (secondary N) is 1. The van der Waals surface area contributed by atoms with Crippen LogP contribution in [0, 0.1) is 0 Å². The highest BCUT2D eigenvalue weighted by molar-refractivity contribution is 8.13. The molecular formula is C13H16ClNO3S. The quantitative estimate of drug-likeness (QED) is 0.848. The zero-order chi connectivity index (χ0) is 14.1. The van der Waals surface area contributed by atoms with Crippen molar-refractivity contribution in [2.24, 2.45) is 0 Å². The lowest BCUT2D eigenvalue weighted by atomic mass is 10.1. The van der Waals surface area contributed by atoms with Crippen molar-refractivity contribution in [2.45, 2.75) is 43.0 Å². The minimum absolute atomic E-state index is 0.00758. The summed E-state index contributed by atoms with van der Waals surface area (Å²) in [6.45, 7) is 2.03. The van der Waals surface area contributed by atoms with Gasteiger partial charge in [0, 0.05) is 22.6 Å². The Labute approximate surface area is 117 Å². The number of hydrogen-bond acceptors (Lipinski definition) is 3. The predicted octanol–water partition coefficient (Wildman–Crippen LogP) is 2.22. The van der Waals surface area contributed by atoms with Crippen LogP contribution in [-0.2, 0) is 20.3 Å². The maximum atomic E-state index is 11.7. The molecule has 4 nitrogen and oxygen atoms in total. The van der Waals surface area contributed by atoms with E-state index in [2.05, 4.69) is 5.32 Å². The summed E-state index contributed by atoms with van der Waals surface area (Å²) in [5, 5.41) is 2.98. The minimum atomic E-state index is -3.67. The third-order valence-electron chi connectivity index (χ3n) is 3.29. The number of hydrogen-bond donors (Lipinski definition) is 1. The Balaban J connectivity index is 1.88. The molecule has 1 N–H and O–H groups in total. The molecule has 1 amide bonds. The normalized spacial score (nSPS) is 16.9. The predicted molar refractivity (Wildman–Crippen MR) is 73.6 cm³/mol. The van der Waals surface area contributed by atoms with Crippen molar-refractivity contribution in [2.75, 3.05) is 0 Å². The summed E-state index contributed by atoms with van der Waals surface area (Å²) in [4.78, 5) is 11.7. The molecule has 6 heteroatoms. The number of benzene rings is 1. The van der Waals surface area contributed by atoms with Crippen molar-refractivity contribution in [3.8, 4) is 0 Å². The van der Waals surface area contributed by atoms with Crippen LogP contribution in [0.2, 0.25) is 0 Å². The van der Waals surface area contributed by atoms with Gasteiger partial charge in [-0.1, -0.05) is 12.1 Å². The third-order valence-corrected chi connectivity index (χ3v) is 4.66. The summed E-state index contributed by atoms with van der Waals surface area (Å²) in [6.07, 6.45) is 3.08. The minimum Gasteiger partial charge on any atom is -0.351 e. The van der Waals surface area contributed by atoms with Gasteiger partial charge >= 0.3 is 0 Å². The molecule has 104 valence electrons. The number of halogens is 1. The van der Waals surface area contributed by atoms with Crippen molar-refractivity contribution in [3.05, 3.63) is 29.8 Å². The third kappa shape index (κ3) is 4.21. The molecule has 1 saturated carbocycles. The van der Waals surface area contributed by atoms with Gasteiger partial charge in [0.1, 0.15) is 0 Å². The van der Waals surface area contributed by atoms with Gasteiger partial charge < -0.3 is 5.32 Å². The molecule has 0 saturated heterocycles. The molecule has 0 heterocycles. The lowest BCUT2D eigenvalue weighted by molar-refractivity contribution is -0.121. The molecule has 2 rings (SSSR count). The summed E-state index contributed by atoms with van der Waals surface area (Å²) < 4.78 is 22.2. The van der Waals surface area contributed by atoms with Gasteiger partial charge in [0.25, 0.3) is 9.05 Å². The van der Waals surface area contributed by atoms with E-state index in [0.717, 1.165) is 18.4 Å². The van der Waals surface area contributed by atoms with E-state index in [1.54, 1.807) is 12.1 Å². The number of carbonyl (C=O) groups is 1. The summed E-state index contributed by atoms with van der Waals surface area (Å²) in [6, 6.07) is 6.28. The fourth-order valence-corrected chi connectivity index (χ4v) is 2.56. The summed E-state index contributed by atoms with van der Waals surface area (Å²) >= 11 is 0. The number of rotatable bonds is 5. The highest BCUT2D eigenvalue weighted by Crippen LogP contribution is 2.34. The van der Waals surface area contributed by atoms with Crippen LogP contribution in [0.25, 0.3) is 0 Å². The van der Waals surface area contributed by atoms with Crippen LogP contribution >= 0.6 is 10.7 Å². The summed E-state index contributed by atoms with van der Waals surface area (Å²) in [5.74, 6) is 0.0361. The van der Waals surface area contributed by atoms with Gasteiger partial charge in [-0.05, 0) is 43.9 Å². The Morgan fingerprint density at radius 3 is 2.37 bits per heavy atom. The van der Waals surface area contributed by atoms with Gasteiger partial charge in [-0.2, -0.15) is 0 Å². The first-order chi connectivity index (χ1) is 8.78. The molecule has 19 heavy (non-hydrogen) atoms. The first kappa shape index (κ1) is 14.3. The van der Waals surface area contributed by atoms with E-state index in [1.807, 2.05) is 6.92 Å². The molecule has 0 unspecified atom stereocenters. The number of amides is 1. The average molecular weight is 302 g/mol.